The highest BCUT2D eigenvalue weighted by Crippen LogP contribution is 2.30. The van der Waals surface area contributed by atoms with Gasteiger partial charge in [0.1, 0.15) is 17.2 Å². The Kier molecular flexibility index (Phi) is 13.5. The van der Waals surface area contributed by atoms with Crippen molar-refractivity contribution in [3.63, 3.8) is 0 Å². The average molecular weight is 809 g/mol. The number of nitrogens with one attached hydrogen (secondary N) is 4. The van der Waals surface area contributed by atoms with Gasteiger partial charge in [0, 0.05) is 68.1 Å². The van der Waals surface area contributed by atoms with E-state index >= 15 is 0 Å². The first-order chi connectivity index (χ1) is 28.1. The van der Waals surface area contributed by atoms with Crippen LogP contribution in [0.2, 0.25) is 0 Å². The number of carbonyl (C=O) groups is 4. The summed E-state index contributed by atoms with van der Waals surface area (Å²) >= 11 is 0. The number of amides is 4. The number of carbonyl (C=O) groups excluding carboxylic acids is 4. The minimum Gasteiger partial charge on any atom is -0.444 e. The lowest BCUT2D eigenvalue weighted by Gasteiger charge is -2.36. The van der Waals surface area contributed by atoms with Crippen molar-refractivity contribution >= 4 is 35.4 Å². The zero-order valence-electron chi connectivity index (χ0n) is 34.8. The van der Waals surface area contributed by atoms with Crippen LogP contribution in [0.3, 0.4) is 0 Å². The molecule has 1 aliphatic carbocycles. The SMILES string of the molecule is CC(C)(C)OC(=O)NCC1CCC(C(=O)N[C@@H](Cc2ccc(-c3cncc(N4CCN(C(=O)OC(C)(C)C)CC4)c3)cc2)C(=O)Nc2ccc(-c3nn[nH]n3)cc2)CC1. The predicted octanol–water partition coefficient (Wildman–Crippen LogP) is 5.98. The number of alkyl carbamates (subject to hydrolysis) is 1. The molecule has 2 aromatic heterocycles. The number of ether oxygens (including phenoxy) is 2. The van der Waals surface area contributed by atoms with Gasteiger partial charge in [-0.05, 0) is 120 Å². The molecule has 2 aliphatic rings. The van der Waals surface area contributed by atoms with Gasteiger partial charge in [0.2, 0.25) is 17.6 Å². The molecule has 0 unspecified atom stereocenters. The number of benzene rings is 2. The van der Waals surface area contributed by atoms with E-state index in [1.165, 1.54) is 0 Å². The Morgan fingerprint density at radius 3 is 2.10 bits per heavy atom. The number of aromatic amines is 1. The molecule has 2 aromatic carbocycles. The standard InChI is InChI=1S/C43H56N10O6/c1-42(2,3)58-40(56)45-25-29-9-13-32(14-10-29)38(54)47-36(39(55)46-34-17-15-31(16-18-34)37-48-50-51-49-37)23-28-7-11-30(12-8-28)33-24-35(27-44-26-33)52-19-21-53(22-20-52)41(57)59-43(4,5)6/h7-8,11-12,15-18,24,26-27,29,32,36H,9-10,13-14,19-23,25H2,1-6H3,(H,45,56)(H,46,55)(H,47,54)(H,48,49,50,51)/t29?,32?,36-/m0/s1. The van der Waals surface area contributed by atoms with E-state index in [0.717, 1.165) is 40.8 Å². The molecule has 314 valence electrons. The Morgan fingerprint density at radius 1 is 0.814 bits per heavy atom. The Hall–Kier alpha value is -6.06. The summed E-state index contributed by atoms with van der Waals surface area (Å²) < 4.78 is 10.9. The van der Waals surface area contributed by atoms with Crippen LogP contribution in [-0.2, 0) is 25.5 Å². The number of tetrazole rings is 1. The second kappa shape index (κ2) is 18.7. The fourth-order valence-electron chi connectivity index (χ4n) is 7.19. The number of H-pyrrole nitrogens is 1. The second-order valence-electron chi connectivity index (χ2n) is 17.3. The lowest BCUT2D eigenvalue weighted by atomic mass is 9.81. The Labute approximate surface area is 345 Å². The number of nitrogens with zero attached hydrogens (tertiary/aromatic N) is 6. The van der Waals surface area contributed by atoms with Gasteiger partial charge in [0.15, 0.2) is 0 Å². The van der Waals surface area contributed by atoms with Crippen molar-refractivity contribution in [2.45, 2.75) is 90.9 Å². The van der Waals surface area contributed by atoms with Crippen molar-refractivity contribution in [1.29, 1.82) is 0 Å². The van der Waals surface area contributed by atoms with Crippen molar-refractivity contribution < 1.29 is 28.7 Å². The summed E-state index contributed by atoms with van der Waals surface area (Å²) in [6.07, 6.45) is 6.04. The van der Waals surface area contributed by atoms with E-state index in [2.05, 4.69) is 52.5 Å². The molecule has 16 heteroatoms. The van der Waals surface area contributed by atoms with Gasteiger partial charge < -0.3 is 35.2 Å². The highest BCUT2D eigenvalue weighted by molar-refractivity contribution is 5.97. The first-order valence-electron chi connectivity index (χ1n) is 20.3. The maximum Gasteiger partial charge on any atom is 0.410 e. The van der Waals surface area contributed by atoms with Crippen LogP contribution in [0.25, 0.3) is 22.5 Å². The third kappa shape index (κ3) is 12.5. The van der Waals surface area contributed by atoms with E-state index in [-0.39, 0.29) is 36.2 Å². The van der Waals surface area contributed by atoms with Gasteiger partial charge in [-0.15, -0.1) is 10.2 Å². The van der Waals surface area contributed by atoms with Gasteiger partial charge in [-0.25, -0.2) is 9.59 Å². The molecule has 1 saturated carbocycles. The normalized spacial score (nSPS) is 17.7. The molecule has 2 fully saturated rings. The predicted molar refractivity (Wildman–Crippen MR) is 223 cm³/mol. The lowest BCUT2D eigenvalue weighted by Crippen LogP contribution is -2.50. The molecular weight excluding hydrogens is 753 g/mol. The fourth-order valence-corrected chi connectivity index (χ4v) is 7.19. The van der Waals surface area contributed by atoms with Crippen LogP contribution in [-0.4, -0.2) is 104 Å². The maximum absolute atomic E-state index is 13.9. The van der Waals surface area contributed by atoms with E-state index < -0.39 is 23.3 Å². The van der Waals surface area contributed by atoms with Gasteiger partial charge in [-0.2, -0.15) is 5.21 Å². The van der Waals surface area contributed by atoms with E-state index in [1.807, 2.05) is 78.2 Å². The fraction of sp³-hybridized carbons (Fsp3) is 0.488. The monoisotopic (exact) mass is 808 g/mol. The first kappa shape index (κ1) is 42.5. The molecule has 16 nitrogen and oxygen atoms in total. The van der Waals surface area contributed by atoms with Gasteiger partial charge in [0.05, 0.1) is 11.9 Å². The first-order valence-corrected chi connectivity index (χ1v) is 20.3. The summed E-state index contributed by atoms with van der Waals surface area (Å²) in [6, 6.07) is 16.3. The molecule has 59 heavy (non-hydrogen) atoms. The zero-order chi connectivity index (χ0) is 42.2. The molecule has 1 aliphatic heterocycles. The molecule has 6 rings (SSSR count). The highest BCUT2D eigenvalue weighted by Gasteiger charge is 2.31. The molecule has 4 N–H and O–H groups in total. The summed E-state index contributed by atoms with van der Waals surface area (Å²) in [6.45, 7) is 14.0. The third-order valence-corrected chi connectivity index (χ3v) is 10.3. The number of rotatable bonds is 11. The Bertz CT molecular complexity index is 2030. The van der Waals surface area contributed by atoms with Gasteiger partial charge in [-0.3, -0.25) is 14.6 Å². The molecule has 3 heterocycles. The minimum atomic E-state index is -0.846. The minimum absolute atomic E-state index is 0.164. The molecular formula is C43H56N10O6. The lowest BCUT2D eigenvalue weighted by molar-refractivity contribution is -0.130. The third-order valence-electron chi connectivity index (χ3n) is 10.3. The molecule has 0 spiro atoms. The van der Waals surface area contributed by atoms with Gasteiger partial charge in [0.25, 0.3) is 0 Å². The zero-order valence-corrected chi connectivity index (χ0v) is 34.8. The summed E-state index contributed by atoms with van der Waals surface area (Å²) in [7, 11) is 0. The largest absolute Gasteiger partial charge is 0.444 e. The smallest absolute Gasteiger partial charge is 0.410 e. The molecule has 4 amide bonds. The number of aromatic nitrogens is 5. The van der Waals surface area contributed by atoms with Crippen LogP contribution < -0.4 is 20.9 Å². The summed E-state index contributed by atoms with van der Waals surface area (Å²) in [5.41, 5.74) is 3.92. The summed E-state index contributed by atoms with van der Waals surface area (Å²) in [5, 5.41) is 23.0. The van der Waals surface area contributed by atoms with E-state index in [9.17, 15) is 19.2 Å². The number of hydrogen-bond donors (Lipinski definition) is 4. The van der Waals surface area contributed by atoms with Crippen molar-refractivity contribution in [3.05, 3.63) is 72.6 Å². The molecule has 0 bridgehead atoms. The van der Waals surface area contributed by atoms with Gasteiger partial charge in [-0.1, -0.05) is 24.3 Å². The van der Waals surface area contributed by atoms with Crippen molar-refractivity contribution in [2.75, 3.05) is 42.9 Å². The summed E-state index contributed by atoms with van der Waals surface area (Å²) in [4.78, 5) is 60.8. The van der Waals surface area contributed by atoms with Crippen LogP contribution >= 0.6 is 0 Å². The van der Waals surface area contributed by atoms with E-state index in [1.54, 1.807) is 29.2 Å². The van der Waals surface area contributed by atoms with Crippen LogP contribution in [0.5, 0.6) is 0 Å². The number of pyridine rings is 1. The molecule has 4 aromatic rings. The second-order valence-corrected chi connectivity index (χ2v) is 17.3. The number of piperazine rings is 1. The van der Waals surface area contributed by atoms with Crippen LogP contribution in [0, 0.1) is 11.8 Å². The van der Waals surface area contributed by atoms with Crippen molar-refractivity contribution in [3.8, 4) is 22.5 Å². The highest BCUT2D eigenvalue weighted by atomic mass is 16.6. The maximum atomic E-state index is 13.9. The van der Waals surface area contributed by atoms with Crippen LogP contribution in [0.1, 0.15) is 72.8 Å². The molecule has 1 atom stereocenters. The quantitative estimate of drug-likeness (QED) is 0.139. The van der Waals surface area contributed by atoms with Crippen LogP contribution in [0.4, 0.5) is 21.0 Å². The topological polar surface area (TPSA) is 197 Å². The van der Waals surface area contributed by atoms with Gasteiger partial charge >= 0.3 is 12.2 Å². The van der Waals surface area contributed by atoms with E-state index in [4.69, 9.17) is 9.47 Å². The Morgan fingerprint density at radius 2 is 1.47 bits per heavy atom. The molecule has 0 radical (unpaired) electrons. The Balaban J connectivity index is 1.09. The van der Waals surface area contributed by atoms with Crippen molar-refractivity contribution in [2.24, 2.45) is 11.8 Å². The molecule has 1 saturated heterocycles. The average Bonchev–Trinajstić information content (AvgIpc) is 3.75. The number of anilines is 2. The number of hydrogen-bond acceptors (Lipinski definition) is 11. The van der Waals surface area contributed by atoms with Crippen LogP contribution in [0.15, 0.2) is 67.0 Å². The van der Waals surface area contributed by atoms with Crippen molar-refractivity contribution in [1.82, 2.24) is 41.1 Å². The van der Waals surface area contributed by atoms with E-state index in [0.29, 0.717) is 57.1 Å². The summed E-state index contributed by atoms with van der Waals surface area (Å²) in [5.74, 6) is -0.0756.